The highest BCUT2D eigenvalue weighted by molar-refractivity contribution is 5.84. The van der Waals surface area contributed by atoms with Crippen molar-refractivity contribution >= 4 is 5.71 Å². The van der Waals surface area contributed by atoms with Crippen molar-refractivity contribution in [3.8, 4) is 0 Å². The summed E-state index contributed by atoms with van der Waals surface area (Å²) in [6.07, 6.45) is 12.7. The normalized spacial score (nSPS) is 28.8. The first kappa shape index (κ1) is 11.9. The molecule has 0 aromatic heterocycles. The Balaban J connectivity index is 1.73. The van der Waals surface area contributed by atoms with E-state index in [9.17, 15) is 0 Å². The topological polar surface area (TPSA) is 41.8 Å². The molecule has 0 radical (unpaired) electrons. The van der Waals surface area contributed by atoms with Gasteiger partial charge in [-0.2, -0.15) is 0 Å². The van der Waals surface area contributed by atoms with Gasteiger partial charge in [0.1, 0.15) is 0 Å². The maximum atomic E-state index is 8.68. The van der Waals surface area contributed by atoms with E-state index in [-0.39, 0.29) is 0 Å². The van der Waals surface area contributed by atoms with Gasteiger partial charge in [0, 0.05) is 0 Å². The molecule has 1 N–H and O–H groups in total. The molecule has 2 aliphatic rings. The number of hydrogen-bond donors (Lipinski definition) is 1. The fourth-order valence-corrected chi connectivity index (χ4v) is 2.81. The zero-order chi connectivity index (χ0) is 11.2. The van der Waals surface area contributed by atoms with Gasteiger partial charge in [-0.05, 0) is 38.5 Å². The summed E-state index contributed by atoms with van der Waals surface area (Å²) in [6.45, 7) is 0. The van der Waals surface area contributed by atoms with Gasteiger partial charge in [0.05, 0.1) is 17.9 Å². The quantitative estimate of drug-likeness (QED) is 0.444. The molecule has 0 amide bonds. The molecule has 3 heteroatoms. The summed E-state index contributed by atoms with van der Waals surface area (Å²) in [5, 5.41) is 12.0. The van der Waals surface area contributed by atoms with E-state index in [1.165, 1.54) is 38.5 Å². The Morgan fingerprint density at radius 2 is 1.44 bits per heavy atom. The summed E-state index contributed by atoms with van der Waals surface area (Å²) < 4.78 is 6.17. The molecule has 92 valence electrons. The first-order chi connectivity index (χ1) is 7.88. The molecule has 0 aromatic rings. The van der Waals surface area contributed by atoms with Crippen LogP contribution >= 0.6 is 0 Å². The highest BCUT2D eigenvalue weighted by atomic mass is 16.5. The van der Waals surface area contributed by atoms with Gasteiger partial charge in [-0.1, -0.05) is 30.8 Å². The predicted octanol–water partition coefficient (Wildman–Crippen LogP) is 3.50. The Labute approximate surface area is 97.9 Å². The predicted molar refractivity (Wildman–Crippen MR) is 64.1 cm³/mol. The average Bonchev–Trinajstić information content (AvgIpc) is 2.59. The Bertz CT molecular complexity index is 222. The minimum Gasteiger partial charge on any atom is -0.411 e. The van der Waals surface area contributed by atoms with Crippen LogP contribution in [0.1, 0.15) is 64.2 Å². The molecule has 0 heterocycles. The van der Waals surface area contributed by atoms with Gasteiger partial charge in [-0.3, -0.25) is 0 Å². The van der Waals surface area contributed by atoms with Crippen molar-refractivity contribution in [2.24, 2.45) is 5.16 Å². The summed E-state index contributed by atoms with van der Waals surface area (Å²) in [5.74, 6) is 0. The molecular formula is C13H23NO2. The molecule has 0 bridgehead atoms. The van der Waals surface area contributed by atoms with E-state index in [0.29, 0.717) is 12.2 Å². The van der Waals surface area contributed by atoms with Gasteiger partial charge < -0.3 is 9.94 Å². The van der Waals surface area contributed by atoms with Crippen molar-refractivity contribution < 1.29 is 9.94 Å². The first-order valence-electron chi connectivity index (χ1n) is 6.74. The number of oxime groups is 1. The lowest BCUT2D eigenvalue weighted by atomic mass is 9.95. The molecule has 2 fully saturated rings. The molecule has 2 saturated carbocycles. The van der Waals surface area contributed by atoms with Crippen LogP contribution in [0.5, 0.6) is 0 Å². The standard InChI is InChI=1S/C13H23NO2/c15-14-11-7-9-13(10-8-11)16-12-5-3-1-2-4-6-12/h12-13,15H,1-10H2. The average molecular weight is 225 g/mol. The van der Waals surface area contributed by atoms with Crippen LogP contribution in [0.2, 0.25) is 0 Å². The maximum absolute atomic E-state index is 8.68. The van der Waals surface area contributed by atoms with E-state index in [4.69, 9.17) is 9.94 Å². The summed E-state index contributed by atoms with van der Waals surface area (Å²) in [5.41, 5.74) is 0.945. The van der Waals surface area contributed by atoms with Gasteiger partial charge in [0.2, 0.25) is 0 Å². The number of rotatable bonds is 2. The van der Waals surface area contributed by atoms with Gasteiger partial charge in [-0.25, -0.2) is 0 Å². The van der Waals surface area contributed by atoms with E-state index in [1.54, 1.807) is 0 Å². The maximum Gasteiger partial charge on any atom is 0.0586 e. The van der Waals surface area contributed by atoms with E-state index in [1.807, 2.05) is 0 Å². The Kier molecular flexibility index (Phi) is 4.64. The van der Waals surface area contributed by atoms with Crippen LogP contribution in [-0.2, 0) is 4.74 Å². The SMILES string of the molecule is ON=C1CCC(OC2CCCCCC2)CC1. The minimum atomic E-state index is 0.411. The third-order valence-corrected chi connectivity index (χ3v) is 3.84. The van der Waals surface area contributed by atoms with Crippen LogP contribution in [0.15, 0.2) is 5.16 Å². The van der Waals surface area contributed by atoms with E-state index in [2.05, 4.69) is 5.16 Å². The molecule has 2 rings (SSSR count). The van der Waals surface area contributed by atoms with Gasteiger partial charge in [-0.15, -0.1) is 0 Å². The van der Waals surface area contributed by atoms with E-state index < -0.39 is 0 Å². The second kappa shape index (κ2) is 6.24. The number of ether oxygens (including phenoxy) is 1. The fourth-order valence-electron chi connectivity index (χ4n) is 2.81. The molecule has 16 heavy (non-hydrogen) atoms. The lowest BCUT2D eigenvalue weighted by molar-refractivity contribution is -0.0282. The van der Waals surface area contributed by atoms with Crippen molar-refractivity contribution in [1.82, 2.24) is 0 Å². The summed E-state index contributed by atoms with van der Waals surface area (Å²) in [4.78, 5) is 0. The highest BCUT2D eigenvalue weighted by Crippen LogP contribution is 2.25. The van der Waals surface area contributed by atoms with Crippen LogP contribution in [0.25, 0.3) is 0 Å². The van der Waals surface area contributed by atoms with Gasteiger partial charge >= 0.3 is 0 Å². The molecular weight excluding hydrogens is 202 g/mol. The summed E-state index contributed by atoms with van der Waals surface area (Å²) in [6, 6.07) is 0. The molecule has 0 aromatic carbocycles. The van der Waals surface area contributed by atoms with Crippen molar-refractivity contribution in [3.63, 3.8) is 0 Å². The zero-order valence-corrected chi connectivity index (χ0v) is 10.0. The lowest BCUT2D eigenvalue weighted by Crippen LogP contribution is -2.26. The molecule has 0 saturated heterocycles. The molecule has 0 spiro atoms. The van der Waals surface area contributed by atoms with E-state index in [0.717, 1.165) is 31.4 Å². The minimum absolute atomic E-state index is 0.411. The second-order valence-corrected chi connectivity index (χ2v) is 5.12. The largest absolute Gasteiger partial charge is 0.411 e. The Hall–Kier alpha value is -0.570. The van der Waals surface area contributed by atoms with Gasteiger partial charge in [0.25, 0.3) is 0 Å². The van der Waals surface area contributed by atoms with Gasteiger partial charge in [0.15, 0.2) is 0 Å². The molecule has 0 aliphatic heterocycles. The third kappa shape index (κ3) is 3.48. The zero-order valence-electron chi connectivity index (χ0n) is 10.0. The molecule has 0 atom stereocenters. The molecule has 3 nitrogen and oxygen atoms in total. The third-order valence-electron chi connectivity index (χ3n) is 3.84. The van der Waals surface area contributed by atoms with Crippen molar-refractivity contribution in [3.05, 3.63) is 0 Å². The first-order valence-corrected chi connectivity index (χ1v) is 6.74. The van der Waals surface area contributed by atoms with Crippen molar-refractivity contribution in [2.75, 3.05) is 0 Å². The summed E-state index contributed by atoms with van der Waals surface area (Å²) in [7, 11) is 0. The Morgan fingerprint density at radius 3 is 2.00 bits per heavy atom. The van der Waals surface area contributed by atoms with Crippen molar-refractivity contribution in [1.29, 1.82) is 0 Å². The summed E-state index contributed by atoms with van der Waals surface area (Å²) >= 11 is 0. The van der Waals surface area contributed by atoms with Crippen molar-refractivity contribution in [2.45, 2.75) is 76.4 Å². The van der Waals surface area contributed by atoms with Crippen LogP contribution in [-0.4, -0.2) is 23.1 Å². The van der Waals surface area contributed by atoms with Crippen LogP contribution in [0.3, 0.4) is 0 Å². The molecule has 0 unspecified atom stereocenters. The van der Waals surface area contributed by atoms with E-state index >= 15 is 0 Å². The Morgan fingerprint density at radius 1 is 0.875 bits per heavy atom. The van der Waals surface area contributed by atoms with Crippen LogP contribution in [0.4, 0.5) is 0 Å². The monoisotopic (exact) mass is 225 g/mol. The smallest absolute Gasteiger partial charge is 0.0586 e. The number of nitrogens with zero attached hydrogens (tertiary/aromatic N) is 1. The number of hydrogen-bond acceptors (Lipinski definition) is 3. The molecule has 2 aliphatic carbocycles. The van der Waals surface area contributed by atoms with Crippen LogP contribution in [0, 0.1) is 0 Å². The van der Waals surface area contributed by atoms with Crippen LogP contribution < -0.4 is 0 Å². The lowest BCUT2D eigenvalue weighted by Gasteiger charge is -2.27. The fraction of sp³-hybridized carbons (Fsp3) is 0.923. The highest BCUT2D eigenvalue weighted by Gasteiger charge is 2.22. The second-order valence-electron chi connectivity index (χ2n) is 5.12.